The van der Waals surface area contributed by atoms with E-state index in [1.165, 1.54) is 6.33 Å². The summed E-state index contributed by atoms with van der Waals surface area (Å²) >= 11 is 0. The number of hydrogen-bond donors (Lipinski definition) is 2. The number of nitrogens with one attached hydrogen (secondary N) is 2. The second kappa shape index (κ2) is 10.5. The van der Waals surface area contributed by atoms with E-state index in [4.69, 9.17) is 4.74 Å². The number of ether oxygens (including phenoxy) is 1. The number of carbonyl (C=O) groups excluding carboxylic acids is 3. The van der Waals surface area contributed by atoms with E-state index in [0.717, 1.165) is 22.4 Å². The SMILES string of the molecule is CCCN1C(=O)c2c(C(=O)Nc3cc(C)ccc3C)ncn2CC1(C)C(=O)NCc1ccc(OC)cc1. The molecule has 0 saturated carbocycles. The van der Waals surface area contributed by atoms with Crippen LogP contribution in [0.1, 0.15) is 57.9 Å². The molecule has 0 saturated heterocycles. The molecule has 1 aliphatic heterocycles. The largest absolute Gasteiger partial charge is 0.497 e. The maximum Gasteiger partial charge on any atom is 0.276 e. The molecule has 0 aliphatic carbocycles. The number of benzene rings is 2. The molecule has 194 valence electrons. The lowest BCUT2D eigenvalue weighted by molar-refractivity contribution is -0.133. The number of fused-ring (bicyclic) bond motifs is 1. The van der Waals surface area contributed by atoms with Crippen molar-refractivity contribution in [2.45, 2.75) is 52.7 Å². The first kappa shape index (κ1) is 25.9. The number of amides is 3. The van der Waals surface area contributed by atoms with Crippen LogP contribution in [0.5, 0.6) is 5.75 Å². The average molecular weight is 504 g/mol. The summed E-state index contributed by atoms with van der Waals surface area (Å²) < 4.78 is 6.80. The zero-order valence-corrected chi connectivity index (χ0v) is 21.9. The minimum Gasteiger partial charge on any atom is -0.497 e. The molecule has 1 aliphatic rings. The highest BCUT2D eigenvalue weighted by Crippen LogP contribution is 2.30. The van der Waals surface area contributed by atoms with Crippen molar-refractivity contribution in [2.24, 2.45) is 0 Å². The smallest absolute Gasteiger partial charge is 0.276 e. The molecule has 37 heavy (non-hydrogen) atoms. The van der Waals surface area contributed by atoms with Crippen molar-refractivity contribution in [3.05, 3.63) is 76.9 Å². The number of aryl methyl sites for hydroxylation is 2. The Bertz CT molecular complexity index is 1330. The van der Waals surface area contributed by atoms with Gasteiger partial charge in [0.15, 0.2) is 5.69 Å². The summed E-state index contributed by atoms with van der Waals surface area (Å²) in [6.45, 7) is 8.42. The van der Waals surface area contributed by atoms with Crippen LogP contribution in [-0.2, 0) is 17.9 Å². The predicted octanol–water partition coefficient (Wildman–Crippen LogP) is 3.70. The molecule has 2 aromatic carbocycles. The number of imidazole rings is 1. The lowest BCUT2D eigenvalue weighted by Gasteiger charge is -2.43. The lowest BCUT2D eigenvalue weighted by Crippen LogP contribution is -2.64. The Morgan fingerprint density at radius 2 is 1.86 bits per heavy atom. The summed E-state index contributed by atoms with van der Waals surface area (Å²) in [4.78, 5) is 46.2. The van der Waals surface area contributed by atoms with Crippen LogP contribution in [0.4, 0.5) is 5.69 Å². The van der Waals surface area contributed by atoms with Gasteiger partial charge in [-0.15, -0.1) is 0 Å². The van der Waals surface area contributed by atoms with Gasteiger partial charge in [-0.05, 0) is 62.1 Å². The molecule has 2 heterocycles. The normalized spacial score (nSPS) is 16.8. The number of aromatic nitrogens is 2. The Morgan fingerprint density at radius 1 is 1.14 bits per heavy atom. The molecule has 9 nitrogen and oxygen atoms in total. The van der Waals surface area contributed by atoms with E-state index in [1.807, 2.05) is 63.2 Å². The van der Waals surface area contributed by atoms with Gasteiger partial charge in [-0.25, -0.2) is 4.98 Å². The van der Waals surface area contributed by atoms with Gasteiger partial charge in [-0.1, -0.05) is 31.2 Å². The molecule has 1 atom stereocenters. The van der Waals surface area contributed by atoms with Gasteiger partial charge in [0.2, 0.25) is 5.91 Å². The zero-order chi connectivity index (χ0) is 26.7. The van der Waals surface area contributed by atoms with Crippen LogP contribution in [0.15, 0.2) is 48.8 Å². The molecule has 0 fully saturated rings. The monoisotopic (exact) mass is 503 g/mol. The van der Waals surface area contributed by atoms with E-state index in [-0.39, 0.29) is 29.7 Å². The van der Waals surface area contributed by atoms with Gasteiger partial charge >= 0.3 is 0 Å². The first-order valence-corrected chi connectivity index (χ1v) is 12.3. The van der Waals surface area contributed by atoms with Crippen LogP contribution >= 0.6 is 0 Å². The summed E-state index contributed by atoms with van der Waals surface area (Å²) in [5.74, 6) is -0.386. The number of hydrogen-bond acceptors (Lipinski definition) is 5. The van der Waals surface area contributed by atoms with Crippen LogP contribution < -0.4 is 15.4 Å². The van der Waals surface area contributed by atoms with Crippen LogP contribution in [0, 0.1) is 13.8 Å². The second-order valence-corrected chi connectivity index (χ2v) is 9.60. The van der Waals surface area contributed by atoms with Crippen molar-refractivity contribution in [3.63, 3.8) is 0 Å². The Labute approximate surface area is 216 Å². The van der Waals surface area contributed by atoms with Crippen molar-refractivity contribution in [1.82, 2.24) is 19.8 Å². The third-order valence-corrected chi connectivity index (χ3v) is 6.76. The van der Waals surface area contributed by atoms with Gasteiger partial charge in [-0.2, -0.15) is 0 Å². The number of methoxy groups -OCH3 is 1. The maximum atomic E-state index is 13.7. The number of carbonyl (C=O) groups is 3. The molecule has 3 amide bonds. The van der Waals surface area contributed by atoms with E-state index in [0.29, 0.717) is 25.2 Å². The van der Waals surface area contributed by atoms with Crippen molar-refractivity contribution in [2.75, 3.05) is 19.0 Å². The van der Waals surface area contributed by atoms with E-state index in [9.17, 15) is 14.4 Å². The van der Waals surface area contributed by atoms with E-state index >= 15 is 0 Å². The second-order valence-electron chi connectivity index (χ2n) is 9.60. The summed E-state index contributed by atoms with van der Waals surface area (Å²) in [5.41, 5.74) is 2.60. The van der Waals surface area contributed by atoms with Gasteiger partial charge in [0.25, 0.3) is 11.8 Å². The van der Waals surface area contributed by atoms with Crippen molar-refractivity contribution in [3.8, 4) is 5.75 Å². The third-order valence-electron chi connectivity index (χ3n) is 6.76. The van der Waals surface area contributed by atoms with E-state index in [2.05, 4.69) is 15.6 Å². The molecule has 0 radical (unpaired) electrons. The fourth-order valence-corrected chi connectivity index (χ4v) is 4.60. The molecular weight excluding hydrogens is 470 g/mol. The Balaban J connectivity index is 1.58. The minimum atomic E-state index is -1.14. The molecule has 2 N–H and O–H groups in total. The average Bonchev–Trinajstić information content (AvgIpc) is 3.31. The van der Waals surface area contributed by atoms with Gasteiger partial charge in [0, 0.05) is 18.8 Å². The number of rotatable bonds is 8. The van der Waals surface area contributed by atoms with Crippen molar-refractivity contribution in [1.29, 1.82) is 0 Å². The van der Waals surface area contributed by atoms with Crippen LogP contribution in [0.2, 0.25) is 0 Å². The summed E-state index contributed by atoms with van der Waals surface area (Å²) in [6, 6.07) is 13.2. The number of anilines is 1. The molecule has 0 bridgehead atoms. The van der Waals surface area contributed by atoms with Gasteiger partial charge in [-0.3, -0.25) is 14.4 Å². The van der Waals surface area contributed by atoms with Crippen molar-refractivity contribution < 1.29 is 19.1 Å². The molecule has 4 rings (SSSR count). The quantitative estimate of drug-likeness (QED) is 0.488. The highest BCUT2D eigenvalue weighted by Gasteiger charge is 2.48. The molecule has 9 heteroatoms. The molecular formula is C28H33N5O4. The first-order chi connectivity index (χ1) is 17.7. The van der Waals surface area contributed by atoms with Crippen LogP contribution in [0.25, 0.3) is 0 Å². The predicted molar refractivity (Wildman–Crippen MR) is 141 cm³/mol. The fourth-order valence-electron chi connectivity index (χ4n) is 4.60. The standard InChI is InChI=1S/C28H33N5O4/c1-6-13-33-26(35)24-23(25(34)31-22-14-18(2)7-8-19(22)3)30-17-32(24)16-28(33,4)27(36)29-15-20-9-11-21(37-5)12-10-20/h7-12,14,17H,6,13,15-16H2,1-5H3,(H,29,36)(H,31,34). The first-order valence-electron chi connectivity index (χ1n) is 12.3. The molecule has 0 spiro atoms. The highest BCUT2D eigenvalue weighted by molar-refractivity contribution is 6.11. The van der Waals surface area contributed by atoms with Gasteiger partial charge in [0.1, 0.15) is 17.0 Å². The fraction of sp³-hybridized carbons (Fsp3) is 0.357. The summed E-state index contributed by atoms with van der Waals surface area (Å²) in [7, 11) is 1.60. The zero-order valence-electron chi connectivity index (χ0n) is 21.9. The highest BCUT2D eigenvalue weighted by atomic mass is 16.5. The Morgan fingerprint density at radius 3 is 2.54 bits per heavy atom. The minimum absolute atomic E-state index is 0.0488. The van der Waals surface area contributed by atoms with Gasteiger partial charge < -0.3 is 24.8 Å². The van der Waals surface area contributed by atoms with Crippen LogP contribution in [0.3, 0.4) is 0 Å². The Kier molecular flexibility index (Phi) is 7.33. The molecule has 3 aromatic rings. The lowest BCUT2D eigenvalue weighted by atomic mass is 9.93. The Hall–Kier alpha value is -4.14. The maximum absolute atomic E-state index is 13.7. The summed E-state index contributed by atoms with van der Waals surface area (Å²) in [6.07, 6.45) is 2.12. The number of nitrogens with zero attached hydrogens (tertiary/aromatic N) is 3. The van der Waals surface area contributed by atoms with Crippen molar-refractivity contribution >= 4 is 23.4 Å². The molecule has 1 aromatic heterocycles. The third kappa shape index (κ3) is 5.07. The topological polar surface area (TPSA) is 106 Å². The van der Waals surface area contributed by atoms with Crippen LogP contribution in [-0.4, -0.2) is 51.4 Å². The summed E-state index contributed by atoms with van der Waals surface area (Å²) in [5, 5.41) is 5.86. The van der Waals surface area contributed by atoms with E-state index < -0.39 is 11.4 Å². The molecule has 1 unspecified atom stereocenters. The van der Waals surface area contributed by atoms with Gasteiger partial charge in [0.05, 0.1) is 20.0 Å². The van der Waals surface area contributed by atoms with E-state index in [1.54, 1.807) is 23.5 Å².